The summed E-state index contributed by atoms with van der Waals surface area (Å²) >= 11 is 0. The maximum absolute atomic E-state index is 12.7. The van der Waals surface area contributed by atoms with Gasteiger partial charge in [-0.2, -0.15) is 4.31 Å². The molecule has 0 radical (unpaired) electrons. The van der Waals surface area contributed by atoms with Gasteiger partial charge in [0, 0.05) is 19.6 Å². The zero-order valence-corrected chi connectivity index (χ0v) is 17.9. The lowest BCUT2D eigenvalue weighted by molar-refractivity contribution is -0.123. The Balaban J connectivity index is 1.59. The number of ether oxygens (including phenoxy) is 1. The molecule has 1 aromatic rings. The summed E-state index contributed by atoms with van der Waals surface area (Å²) < 4.78 is 32.0. The molecule has 2 atom stereocenters. The average Bonchev–Trinajstić information content (AvgIpc) is 3.20. The summed E-state index contributed by atoms with van der Waals surface area (Å²) in [4.78, 5) is 12.8. The SMILES string of the molecule is CC(C)=C[C@@H]1[C@H](C(=O)NCc2ccc(S(=O)(=O)N3CCOCC3)cc2)C1(C)C. The molecule has 1 aliphatic heterocycles. The first kappa shape index (κ1) is 21.0. The van der Waals surface area contributed by atoms with Crippen LogP contribution in [-0.4, -0.2) is 44.9 Å². The topological polar surface area (TPSA) is 75.7 Å². The Morgan fingerprint density at radius 1 is 1.21 bits per heavy atom. The number of benzene rings is 1. The molecule has 28 heavy (non-hydrogen) atoms. The molecule has 1 aliphatic carbocycles. The number of nitrogens with one attached hydrogen (secondary N) is 1. The third kappa shape index (κ3) is 4.31. The molecule has 1 aromatic carbocycles. The summed E-state index contributed by atoms with van der Waals surface area (Å²) in [5.74, 6) is 0.319. The quantitative estimate of drug-likeness (QED) is 0.737. The van der Waals surface area contributed by atoms with E-state index in [4.69, 9.17) is 4.74 Å². The van der Waals surface area contributed by atoms with Gasteiger partial charge in [0.2, 0.25) is 15.9 Å². The van der Waals surface area contributed by atoms with E-state index in [1.807, 2.05) is 0 Å². The molecule has 7 heteroatoms. The van der Waals surface area contributed by atoms with Gasteiger partial charge in [0.05, 0.1) is 24.0 Å². The van der Waals surface area contributed by atoms with Crippen molar-refractivity contribution in [3.8, 4) is 0 Å². The maximum Gasteiger partial charge on any atom is 0.243 e. The van der Waals surface area contributed by atoms with Crippen molar-refractivity contribution in [1.82, 2.24) is 9.62 Å². The molecule has 3 rings (SSSR count). The van der Waals surface area contributed by atoms with E-state index in [0.717, 1.165) is 5.56 Å². The molecular weight excluding hydrogens is 376 g/mol. The van der Waals surface area contributed by atoms with Crippen LogP contribution in [0.1, 0.15) is 33.3 Å². The minimum Gasteiger partial charge on any atom is -0.379 e. The van der Waals surface area contributed by atoms with E-state index >= 15 is 0 Å². The second-order valence-corrected chi connectivity index (χ2v) is 10.4. The summed E-state index contributed by atoms with van der Waals surface area (Å²) in [5.41, 5.74) is 2.09. The fourth-order valence-corrected chi connectivity index (χ4v) is 5.27. The van der Waals surface area contributed by atoms with Crippen molar-refractivity contribution in [3.05, 3.63) is 41.5 Å². The second kappa shape index (κ2) is 7.97. The molecule has 6 nitrogen and oxygen atoms in total. The molecule has 154 valence electrons. The van der Waals surface area contributed by atoms with E-state index in [1.165, 1.54) is 9.88 Å². The van der Waals surface area contributed by atoms with Gasteiger partial charge in [-0.3, -0.25) is 4.79 Å². The van der Waals surface area contributed by atoms with E-state index in [9.17, 15) is 13.2 Å². The Kier molecular flexibility index (Phi) is 5.98. The van der Waals surface area contributed by atoms with E-state index in [1.54, 1.807) is 24.3 Å². The molecule has 2 fully saturated rings. The number of nitrogens with zero attached hydrogens (tertiary/aromatic N) is 1. The number of carbonyl (C=O) groups excluding carboxylic acids is 1. The monoisotopic (exact) mass is 406 g/mol. The largest absolute Gasteiger partial charge is 0.379 e. The van der Waals surface area contributed by atoms with Gasteiger partial charge in [-0.05, 0) is 42.9 Å². The fourth-order valence-electron chi connectivity index (χ4n) is 3.86. The van der Waals surface area contributed by atoms with Gasteiger partial charge < -0.3 is 10.1 Å². The van der Waals surface area contributed by atoms with Crippen LogP contribution in [-0.2, 0) is 26.1 Å². The van der Waals surface area contributed by atoms with E-state index in [-0.39, 0.29) is 28.1 Å². The highest BCUT2D eigenvalue weighted by molar-refractivity contribution is 7.89. The number of hydrogen-bond donors (Lipinski definition) is 1. The minimum absolute atomic E-state index is 0.0108. The predicted octanol–water partition coefficient (Wildman–Crippen LogP) is 2.56. The van der Waals surface area contributed by atoms with Gasteiger partial charge in [-0.25, -0.2) is 8.42 Å². The van der Waals surface area contributed by atoms with E-state index in [2.05, 4.69) is 39.1 Å². The third-order valence-electron chi connectivity index (χ3n) is 5.70. The van der Waals surface area contributed by atoms with Gasteiger partial charge in [-0.15, -0.1) is 0 Å². The smallest absolute Gasteiger partial charge is 0.243 e. The first-order valence-corrected chi connectivity index (χ1v) is 11.2. The highest BCUT2D eigenvalue weighted by Crippen LogP contribution is 2.59. The van der Waals surface area contributed by atoms with E-state index in [0.29, 0.717) is 32.8 Å². The molecular formula is C21H30N2O4S. The molecule has 1 saturated carbocycles. The molecule has 1 saturated heterocycles. The van der Waals surface area contributed by atoms with Crippen LogP contribution in [0.25, 0.3) is 0 Å². The highest BCUT2D eigenvalue weighted by atomic mass is 32.2. The summed E-state index contributed by atoms with van der Waals surface area (Å²) in [6.45, 7) is 10.3. The number of sulfonamides is 1. The zero-order valence-electron chi connectivity index (χ0n) is 17.1. The number of rotatable bonds is 6. The summed E-state index contributed by atoms with van der Waals surface area (Å²) in [6, 6.07) is 6.75. The number of hydrogen-bond acceptors (Lipinski definition) is 4. The van der Waals surface area contributed by atoms with Crippen LogP contribution >= 0.6 is 0 Å². The predicted molar refractivity (Wildman–Crippen MR) is 108 cm³/mol. The van der Waals surface area contributed by atoms with Crippen LogP contribution in [0.4, 0.5) is 0 Å². The lowest BCUT2D eigenvalue weighted by Crippen LogP contribution is -2.40. The van der Waals surface area contributed by atoms with Crippen LogP contribution in [0, 0.1) is 17.3 Å². The molecule has 0 unspecified atom stereocenters. The average molecular weight is 407 g/mol. The molecule has 1 heterocycles. The van der Waals surface area contributed by atoms with Crippen molar-refractivity contribution in [2.24, 2.45) is 17.3 Å². The Labute approximate surface area is 168 Å². The lowest BCUT2D eigenvalue weighted by Gasteiger charge is -2.26. The number of carbonyl (C=O) groups is 1. The van der Waals surface area contributed by atoms with Gasteiger partial charge in [-0.1, -0.05) is 37.6 Å². The standard InChI is InChI=1S/C21H30N2O4S/c1-15(2)13-18-19(21(18,3)4)20(24)22-14-16-5-7-17(8-6-16)28(25,26)23-9-11-27-12-10-23/h5-8,13,18-19H,9-12,14H2,1-4H3,(H,22,24)/t18-,19-/m1/s1. The second-order valence-electron chi connectivity index (χ2n) is 8.45. The van der Waals surface area contributed by atoms with Crippen LogP contribution in [0.15, 0.2) is 40.8 Å². The molecule has 0 bridgehead atoms. The van der Waals surface area contributed by atoms with E-state index < -0.39 is 10.0 Å². The van der Waals surface area contributed by atoms with Crippen LogP contribution in [0.5, 0.6) is 0 Å². The summed E-state index contributed by atoms with van der Waals surface area (Å²) in [7, 11) is -3.49. The third-order valence-corrected chi connectivity index (χ3v) is 7.62. The molecule has 0 aromatic heterocycles. The van der Waals surface area contributed by atoms with Crippen molar-refractivity contribution in [3.63, 3.8) is 0 Å². The number of amides is 1. The van der Waals surface area contributed by atoms with Crippen LogP contribution in [0.3, 0.4) is 0 Å². The van der Waals surface area contributed by atoms with Crippen LogP contribution in [0.2, 0.25) is 0 Å². The Hall–Kier alpha value is -1.70. The van der Waals surface area contributed by atoms with Gasteiger partial charge in [0.1, 0.15) is 0 Å². The van der Waals surface area contributed by atoms with Crippen molar-refractivity contribution >= 4 is 15.9 Å². The summed E-state index contributed by atoms with van der Waals surface area (Å²) in [5, 5.41) is 3.00. The fraction of sp³-hybridized carbons (Fsp3) is 0.571. The van der Waals surface area contributed by atoms with Crippen molar-refractivity contribution in [2.45, 2.75) is 39.1 Å². The Bertz CT molecular complexity index is 849. The maximum atomic E-state index is 12.7. The number of allylic oxidation sites excluding steroid dienone is 2. The lowest BCUT2D eigenvalue weighted by atomic mass is 10.1. The van der Waals surface area contributed by atoms with Crippen LogP contribution < -0.4 is 5.32 Å². The van der Waals surface area contributed by atoms with Gasteiger partial charge in [0.25, 0.3) is 0 Å². The molecule has 2 aliphatic rings. The van der Waals surface area contributed by atoms with Crippen molar-refractivity contribution < 1.29 is 17.9 Å². The Morgan fingerprint density at radius 3 is 2.39 bits per heavy atom. The zero-order chi connectivity index (χ0) is 20.5. The summed E-state index contributed by atoms with van der Waals surface area (Å²) in [6.07, 6.45) is 2.18. The van der Waals surface area contributed by atoms with Gasteiger partial charge in [0.15, 0.2) is 0 Å². The first-order chi connectivity index (χ1) is 13.1. The molecule has 0 spiro atoms. The normalized spacial score (nSPS) is 24.4. The van der Waals surface area contributed by atoms with Gasteiger partial charge >= 0.3 is 0 Å². The minimum atomic E-state index is -3.49. The number of morpholine rings is 1. The highest BCUT2D eigenvalue weighted by Gasteiger charge is 2.60. The van der Waals surface area contributed by atoms with Crippen molar-refractivity contribution in [1.29, 1.82) is 0 Å². The Morgan fingerprint density at radius 2 is 1.82 bits per heavy atom. The molecule has 1 amide bonds. The first-order valence-electron chi connectivity index (χ1n) is 9.73. The van der Waals surface area contributed by atoms with Crippen molar-refractivity contribution in [2.75, 3.05) is 26.3 Å². The molecule has 1 N–H and O–H groups in total.